The number of imidazole rings is 1. The fraction of sp³-hybridized carbons (Fsp3) is 0.471. The highest BCUT2D eigenvalue weighted by Gasteiger charge is 2.31. The Morgan fingerprint density at radius 1 is 1.38 bits per heavy atom. The van der Waals surface area contributed by atoms with E-state index in [1.165, 1.54) is 11.1 Å². The molecule has 0 amide bonds. The minimum atomic E-state index is -0.0780. The average Bonchev–Trinajstić information content (AvgIpc) is 2.96. The highest BCUT2D eigenvalue weighted by molar-refractivity contribution is 5.45. The maximum absolute atomic E-state index is 6.09. The van der Waals surface area contributed by atoms with E-state index in [1.807, 2.05) is 19.4 Å². The lowest BCUT2D eigenvalue weighted by Crippen LogP contribution is -2.25. The summed E-state index contributed by atoms with van der Waals surface area (Å²) in [5.74, 6) is 2.19. The van der Waals surface area contributed by atoms with E-state index in [-0.39, 0.29) is 5.60 Å². The second-order valence-corrected chi connectivity index (χ2v) is 6.33. The highest BCUT2D eigenvalue weighted by atomic mass is 16.5. The molecule has 0 aliphatic carbocycles. The molecule has 0 spiro atoms. The molecule has 0 unspecified atom stereocenters. The van der Waals surface area contributed by atoms with E-state index in [0.29, 0.717) is 0 Å². The molecule has 0 radical (unpaired) electrons. The predicted octanol–water partition coefficient (Wildman–Crippen LogP) is 2.47. The van der Waals surface area contributed by atoms with E-state index >= 15 is 0 Å². The van der Waals surface area contributed by atoms with Crippen molar-refractivity contribution >= 4 is 0 Å². The van der Waals surface area contributed by atoms with Crippen LogP contribution in [0.3, 0.4) is 0 Å². The van der Waals surface area contributed by atoms with Gasteiger partial charge in [-0.3, -0.25) is 0 Å². The molecule has 4 heteroatoms. The maximum Gasteiger partial charge on any atom is 0.127 e. The van der Waals surface area contributed by atoms with Crippen LogP contribution in [0.25, 0.3) is 0 Å². The second-order valence-electron chi connectivity index (χ2n) is 6.33. The van der Waals surface area contributed by atoms with Crippen LogP contribution in [0.4, 0.5) is 0 Å². The number of aromatic nitrogens is 2. The van der Waals surface area contributed by atoms with Gasteiger partial charge in [0.05, 0.1) is 0 Å². The van der Waals surface area contributed by atoms with E-state index in [2.05, 4.69) is 46.9 Å². The quantitative estimate of drug-likeness (QED) is 0.858. The summed E-state index contributed by atoms with van der Waals surface area (Å²) in [5.41, 5.74) is 2.49. The van der Waals surface area contributed by atoms with Crippen LogP contribution in [0.1, 0.15) is 30.8 Å². The topological polar surface area (TPSA) is 39.1 Å². The fourth-order valence-electron chi connectivity index (χ4n) is 2.88. The van der Waals surface area contributed by atoms with Gasteiger partial charge in [-0.2, -0.15) is 0 Å². The molecular formula is C17H23N3O. The largest absolute Gasteiger partial charge is 0.487 e. The Hall–Kier alpha value is -1.81. The van der Waals surface area contributed by atoms with Crippen molar-refractivity contribution in [3.63, 3.8) is 0 Å². The first-order chi connectivity index (χ1) is 10.1. The molecule has 112 valence electrons. The Morgan fingerprint density at radius 3 is 3.00 bits per heavy atom. The predicted molar refractivity (Wildman–Crippen MR) is 83.5 cm³/mol. The third kappa shape index (κ3) is 3.10. The van der Waals surface area contributed by atoms with E-state index in [9.17, 15) is 0 Å². The van der Waals surface area contributed by atoms with Crippen molar-refractivity contribution in [2.75, 3.05) is 6.54 Å². The smallest absolute Gasteiger partial charge is 0.127 e. The summed E-state index contributed by atoms with van der Waals surface area (Å²) in [6.45, 7) is 6.04. The van der Waals surface area contributed by atoms with E-state index in [4.69, 9.17) is 4.74 Å². The Bertz CT molecular complexity index is 631. The summed E-state index contributed by atoms with van der Waals surface area (Å²) in [4.78, 5) is 4.34. The van der Waals surface area contributed by atoms with Gasteiger partial charge in [-0.05, 0) is 19.4 Å². The summed E-state index contributed by atoms with van der Waals surface area (Å²) >= 11 is 0. The van der Waals surface area contributed by atoms with Crippen LogP contribution < -0.4 is 10.1 Å². The molecule has 1 aromatic heterocycles. The summed E-state index contributed by atoms with van der Waals surface area (Å²) in [7, 11) is 2.03. The standard InChI is InChI=1S/C17H23N3O/c1-17(2)11-13-5-4-6-14(16(13)21-17)12-18-8-7-15-19-9-10-20(15)3/h4-6,9-10,18H,7-8,11-12H2,1-3H3. The highest BCUT2D eigenvalue weighted by Crippen LogP contribution is 2.37. The summed E-state index contributed by atoms with van der Waals surface area (Å²) in [5, 5.41) is 3.49. The first-order valence-electron chi connectivity index (χ1n) is 7.52. The number of benzene rings is 1. The molecule has 1 N–H and O–H groups in total. The van der Waals surface area contributed by atoms with Gasteiger partial charge in [0.15, 0.2) is 0 Å². The normalized spacial score (nSPS) is 15.8. The van der Waals surface area contributed by atoms with Crippen molar-refractivity contribution < 1.29 is 4.74 Å². The Morgan fingerprint density at radius 2 is 2.24 bits per heavy atom. The maximum atomic E-state index is 6.09. The van der Waals surface area contributed by atoms with Crippen LogP contribution in [0.15, 0.2) is 30.6 Å². The van der Waals surface area contributed by atoms with Crippen molar-refractivity contribution in [1.82, 2.24) is 14.9 Å². The minimum Gasteiger partial charge on any atom is -0.487 e. The van der Waals surface area contributed by atoms with Gasteiger partial charge in [0.25, 0.3) is 0 Å². The van der Waals surface area contributed by atoms with E-state index in [1.54, 1.807) is 0 Å². The molecule has 0 saturated heterocycles. The number of nitrogens with zero attached hydrogens (tertiary/aromatic N) is 2. The van der Waals surface area contributed by atoms with Crippen molar-refractivity contribution in [2.45, 2.75) is 38.8 Å². The number of fused-ring (bicyclic) bond motifs is 1. The number of aryl methyl sites for hydroxylation is 1. The zero-order chi connectivity index (χ0) is 14.9. The van der Waals surface area contributed by atoms with Crippen LogP contribution in [0.5, 0.6) is 5.75 Å². The van der Waals surface area contributed by atoms with Gasteiger partial charge in [0.1, 0.15) is 17.2 Å². The molecule has 2 heterocycles. The van der Waals surface area contributed by atoms with Crippen molar-refractivity contribution in [3.05, 3.63) is 47.5 Å². The second kappa shape index (κ2) is 5.53. The number of ether oxygens (including phenoxy) is 1. The Labute approximate surface area is 126 Å². The van der Waals surface area contributed by atoms with Gasteiger partial charge in [-0.25, -0.2) is 4.98 Å². The average molecular weight is 285 g/mol. The first-order valence-corrected chi connectivity index (χ1v) is 7.52. The zero-order valence-corrected chi connectivity index (χ0v) is 13.0. The number of rotatable bonds is 5. The Kier molecular flexibility index (Phi) is 3.72. The van der Waals surface area contributed by atoms with E-state index < -0.39 is 0 Å². The number of para-hydroxylation sites is 1. The van der Waals surface area contributed by atoms with Gasteiger partial charge in [0, 0.05) is 50.9 Å². The monoisotopic (exact) mass is 285 g/mol. The van der Waals surface area contributed by atoms with Gasteiger partial charge in [0.2, 0.25) is 0 Å². The fourth-order valence-corrected chi connectivity index (χ4v) is 2.88. The summed E-state index contributed by atoms with van der Waals surface area (Å²) in [6.07, 6.45) is 5.75. The number of nitrogens with one attached hydrogen (secondary N) is 1. The summed E-state index contributed by atoms with van der Waals surface area (Å²) < 4.78 is 8.15. The molecule has 1 aliphatic heterocycles. The van der Waals surface area contributed by atoms with Crippen LogP contribution >= 0.6 is 0 Å². The van der Waals surface area contributed by atoms with E-state index in [0.717, 1.165) is 37.5 Å². The molecule has 0 fully saturated rings. The molecule has 0 atom stereocenters. The minimum absolute atomic E-state index is 0.0780. The first kappa shape index (κ1) is 14.1. The van der Waals surface area contributed by atoms with Crippen molar-refractivity contribution in [3.8, 4) is 5.75 Å². The van der Waals surface area contributed by atoms with Crippen molar-refractivity contribution in [1.29, 1.82) is 0 Å². The molecule has 4 nitrogen and oxygen atoms in total. The SMILES string of the molecule is Cn1ccnc1CCNCc1cccc2c1OC(C)(C)C2. The molecule has 1 aliphatic rings. The lowest BCUT2D eigenvalue weighted by molar-refractivity contribution is 0.137. The molecule has 0 bridgehead atoms. The van der Waals surface area contributed by atoms with Crippen LogP contribution in [0.2, 0.25) is 0 Å². The third-order valence-corrected chi connectivity index (χ3v) is 3.93. The number of hydrogen-bond donors (Lipinski definition) is 1. The van der Waals surface area contributed by atoms with Gasteiger partial charge in [-0.1, -0.05) is 18.2 Å². The van der Waals surface area contributed by atoms with Gasteiger partial charge in [-0.15, -0.1) is 0 Å². The van der Waals surface area contributed by atoms with Crippen LogP contribution in [-0.4, -0.2) is 21.7 Å². The van der Waals surface area contributed by atoms with Crippen LogP contribution in [0, 0.1) is 0 Å². The van der Waals surface area contributed by atoms with Gasteiger partial charge >= 0.3 is 0 Å². The lowest BCUT2D eigenvalue weighted by Gasteiger charge is -2.18. The molecule has 21 heavy (non-hydrogen) atoms. The lowest BCUT2D eigenvalue weighted by atomic mass is 10.0. The molecule has 2 aromatic rings. The van der Waals surface area contributed by atoms with Crippen LogP contribution in [-0.2, 0) is 26.4 Å². The zero-order valence-electron chi connectivity index (χ0n) is 13.0. The molecular weight excluding hydrogens is 262 g/mol. The third-order valence-electron chi connectivity index (χ3n) is 3.93. The van der Waals surface area contributed by atoms with Crippen molar-refractivity contribution in [2.24, 2.45) is 7.05 Å². The summed E-state index contributed by atoms with van der Waals surface area (Å²) in [6, 6.07) is 6.44. The molecule has 3 rings (SSSR count). The molecule has 0 saturated carbocycles. The van der Waals surface area contributed by atoms with Gasteiger partial charge < -0.3 is 14.6 Å². The number of hydrogen-bond acceptors (Lipinski definition) is 3. The molecule has 1 aromatic carbocycles. The Balaban J connectivity index is 1.58.